The topological polar surface area (TPSA) is 64.4 Å². The zero-order chi connectivity index (χ0) is 20.8. The highest BCUT2D eigenvalue weighted by molar-refractivity contribution is 5.80. The first-order valence-corrected chi connectivity index (χ1v) is 9.80. The van der Waals surface area contributed by atoms with Gasteiger partial charge in [0, 0.05) is 11.6 Å². The van der Waals surface area contributed by atoms with E-state index in [2.05, 4.69) is 34.7 Å². The molecule has 0 aliphatic heterocycles. The van der Waals surface area contributed by atoms with E-state index in [-0.39, 0.29) is 12.5 Å². The molecule has 1 aromatic heterocycles. The molecule has 1 unspecified atom stereocenters. The van der Waals surface area contributed by atoms with Crippen LogP contribution in [0.4, 0.5) is 0 Å². The number of hydrogen-bond donors (Lipinski definition) is 1. The van der Waals surface area contributed by atoms with Crippen molar-refractivity contribution in [3.05, 3.63) is 96.7 Å². The monoisotopic (exact) mass is 398 g/mol. The van der Waals surface area contributed by atoms with Crippen molar-refractivity contribution in [2.24, 2.45) is 0 Å². The Morgan fingerprint density at radius 1 is 0.900 bits per heavy atom. The summed E-state index contributed by atoms with van der Waals surface area (Å²) in [6.07, 6.45) is -0.607. The molecule has 0 saturated heterocycles. The molecule has 0 fully saturated rings. The van der Waals surface area contributed by atoms with Gasteiger partial charge in [-0.05, 0) is 30.2 Å². The van der Waals surface area contributed by atoms with Crippen LogP contribution in [0.15, 0.2) is 95.5 Å². The van der Waals surface area contributed by atoms with Crippen LogP contribution in [0.3, 0.4) is 0 Å². The maximum Gasteiger partial charge on any atom is 0.261 e. The minimum atomic E-state index is -0.607. The third-order valence-electron chi connectivity index (χ3n) is 4.70. The van der Waals surface area contributed by atoms with Crippen LogP contribution in [0.25, 0.3) is 22.5 Å². The molecule has 150 valence electrons. The highest BCUT2D eigenvalue weighted by Gasteiger charge is 2.15. The van der Waals surface area contributed by atoms with Crippen molar-refractivity contribution >= 4 is 5.91 Å². The van der Waals surface area contributed by atoms with E-state index in [1.165, 1.54) is 0 Å². The van der Waals surface area contributed by atoms with Crippen LogP contribution >= 0.6 is 0 Å². The molecule has 4 aromatic rings. The first-order valence-electron chi connectivity index (χ1n) is 9.80. The Morgan fingerprint density at radius 3 is 2.20 bits per heavy atom. The number of ether oxygens (including phenoxy) is 1. The fraction of sp³-hybridized carbons (Fsp3) is 0.120. The minimum absolute atomic E-state index is 0.212. The van der Waals surface area contributed by atoms with Crippen molar-refractivity contribution in [1.82, 2.24) is 10.5 Å². The average Bonchev–Trinajstić information content (AvgIpc) is 3.28. The number of amides is 1. The lowest BCUT2D eigenvalue weighted by atomic mass is 10.0. The quantitative estimate of drug-likeness (QED) is 0.471. The summed E-state index contributed by atoms with van der Waals surface area (Å²) < 4.78 is 11.1. The zero-order valence-electron chi connectivity index (χ0n) is 16.6. The third kappa shape index (κ3) is 4.75. The Balaban J connectivity index is 1.34. The molecule has 1 N–H and O–H groups in total. The molecule has 1 amide bonds. The van der Waals surface area contributed by atoms with Crippen LogP contribution in [0.2, 0.25) is 0 Å². The van der Waals surface area contributed by atoms with Crippen molar-refractivity contribution < 1.29 is 14.1 Å². The molecule has 0 aliphatic rings. The molecule has 30 heavy (non-hydrogen) atoms. The molecule has 1 atom stereocenters. The number of hydrogen-bond acceptors (Lipinski definition) is 4. The summed E-state index contributed by atoms with van der Waals surface area (Å²) in [7, 11) is 0. The van der Waals surface area contributed by atoms with Gasteiger partial charge in [0.25, 0.3) is 5.91 Å². The average molecular weight is 398 g/mol. The third-order valence-corrected chi connectivity index (χ3v) is 4.70. The Bertz CT molecular complexity index is 1090. The molecule has 0 aliphatic carbocycles. The van der Waals surface area contributed by atoms with E-state index in [0.717, 1.165) is 16.7 Å². The molecule has 0 saturated carbocycles. The second kappa shape index (κ2) is 9.09. The number of rotatable bonds is 7. The van der Waals surface area contributed by atoms with Gasteiger partial charge in [0.2, 0.25) is 0 Å². The van der Waals surface area contributed by atoms with E-state index in [9.17, 15) is 4.79 Å². The molecular formula is C25H22N2O3. The number of carbonyl (C=O) groups excluding carboxylic acids is 1. The molecule has 4 rings (SSSR count). The van der Waals surface area contributed by atoms with Gasteiger partial charge in [-0.3, -0.25) is 4.79 Å². The van der Waals surface area contributed by atoms with Gasteiger partial charge in [-0.25, -0.2) is 0 Å². The van der Waals surface area contributed by atoms with Gasteiger partial charge in [-0.15, -0.1) is 0 Å². The summed E-state index contributed by atoms with van der Waals surface area (Å²) in [5.41, 5.74) is 3.88. The van der Waals surface area contributed by atoms with E-state index in [0.29, 0.717) is 17.2 Å². The summed E-state index contributed by atoms with van der Waals surface area (Å²) >= 11 is 0. The normalized spacial score (nSPS) is 11.6. The van der Waals surface area contributed by atoms with Crippen LogP contribution in [-0.2, 0) is 11.3 Å². The number of para-hydroxylation sites is 1. The number of nitrogens with zero attached hydrogens (tertiary/aromatic N) is 1. The lowest BCUT2D eigenvalue weighted by Gasteiger charge is -2.13. The Labute approximate surface area is 175 Å². The number of benzene rings is 3. The van der Waals surface area contributed by atoms with Gasteiger partial charge in [-0.1, -0.05) is 78.0 Å². The zero-order valence-corrected chi connectivity index (χ0v) is 16.6. The SMILES string of the molecule is CC(Oc1ccccc1)C(=O)NCc1cc(-c2ccc(-c3ccccc3)cc2)on1. The summed E-state index contributed by atoms with van der Waals surface area (Å²) in [5.74, 6) is 1.10. The van der Waals surface area contributed by atoms with Gasteiger partial charge in [-0.2, -0.15) is 0 Å². The van der Waals surface area contributed by atoms with Crippen molar-refractivity contribution in [1.29, 1.82) is 0 Å². The molecule has 5 heteroatoms. The molecule has 0 spiro atoms. The van der Waals surface area contributed by atoms with Crippen molar-refractivity contribution in [3.63, 3.8) is 0 Å². The van der Waals surface area contributed by atoms with Crippen molar-refractivity contribution in [3.8, 4) is 28.2 Å². The smallest absolute Gasteiger partial charge is 0.261 e. The summed E-state index contributed by atoms with van der Waals surface area (Å²) in [6, 6.07) is 29.4. The van der Waals surface area contributed by atoms with Crippen LogP contribution in [0, 0.1) is 0 Å². The molecule has 0 bridgehead atoms. The second-order valence-electron chi connectivity index (χ2n) is 6.92. The fourth-order valence-corrected chi connectivity index (χ4v) is 3.07. The lowest BCUT2D eigenvalue weighted by molar-refractivity contribution is -0.127. The number of aromatic nitrogens is 1. The summed E-state index contributed by atoms with van der Waals surface area (Å²) in [5, 5.41) is 6.89. The predicted octanol–water partition coefficient (Wildman–Crippen LogP) is 5.09. The van der Waals surface area contributed by atoms with E-state index >= 15 is 0 Å². The minimum Gasteiger partial charge on any atom is -0.481 e. The lowest BCUT2D eigenvalue weighted by Crippen LogP contribution is -2.35. The standard InChI is InChI=1S/C25H22N2O3/c1-18(29-23-10-6-3-7-11-23)25(28)26-17-22-16-24(30-27-22)21-14-12-20(13-15-21)19-8-4-2-5-9-19/h2-16,18H,17H2,1H3,(H,26,28). The van der Waals surface area contributed by atoms with Gasteiger partial charge in [0.05, 0.1) is 6.54 Å². The van der Waals surface area contributed by atoms with E-state index in [1.807, 2.05) is 66.7 Å². The molecule has 3 aromatic carbocycles. The first kappa shape index (κ1) is 19.5. The summed E-state index contributed by atoms with van der Waals surface area (Å²) in [4.78, 5) is 12.3. The highest BCUT2D eigenvalue weighted by Crippen LogP contribution is 2.25. The van der Waals surface area contributed by atoms with Crippen LogP contribution in [-0.4, -0.2) is 17.2 Å². The van der Waals surface area contributed by atoms with Crippen LogP contribution in [0.5, 0.6) is 5.75 Å². The molecule has 5 nitrogen and oxygen atoms in total. The molecular weight excluding hydrogens is 376 g/mol. The predicted molar refractivity (Wildman–Crippen MR) is 116 cm³/mol. The Hall–Kier alpha value is -3.86. The largest absolute Gasteiger partial charge is 0.481 e. The van der Waals surface area contributed by atoms with Gasteiger partial charge in [0.1, 0.15) is 11.4 Å². The van der Waals surface area contributed by atoms with Crippen molar-refractivity contribution in [2.45, 2.75) is 19.6 Å². The number of carbonyl (C=O) groups is 1. The highest BCUT2D eigenvalue weighted by atomic mass is 16.5. The van der Waals surface area contributed by atoms with Crippen molar-refractivity contribution in [2.75, 3.05) is 0 Å². The van der Waals surface area contributed by atoms with Gasteiger partial charge >= 0.3 is 0 Å². The Kier molecular flexibility index (Phi) is 5.90. The Morgan fingerprint density at radius 2 is 1.50 bits per heavy atom. The summed E-state index contributed by atoms with van der Waals surface area (Å²) in [6.45, 7) is 1.98. The van der Waals surface area contributed by atoms with Crippen LogP contribution in [0.1, 0.15) is 12.6 Å². The van der Waals surface area contributed by atoms with Gasteiger partial charge < -0.3 is 14.6 Å². The van der Waals surface area contributed by atoms with Gasteiger partial charge in [0.15, 0.2) is 11.9 Å². The fourth-order valence-electron chi connectivity index (χ4n) is 3.07. The first-order chi connectivity index (χ1) is 14.7. The maximum absolute atomic E-state index is 12.3. The van der Waals surface area contributed by atoms with E-state index < -0.39 is 6.10 Å². The number of nitrogens with one attached hydrogen (secondary N) is 1. The van der Waals surface area contributed by atoms with Crippen LogP contribution < -0.4 is 10.1 Å². The molecule has 1 heterocycles. The molecule has 0 radical (unpaired) electrons. The second-order valence-corrected chi connectivity index (χ2v) is 6.92. The maximum atomic E-state index is 12.3. The van der Waals surface area contributed by atoms with E-state index in [4.69, 9.17) is 9.26 Å². The van der Waals surface area contributed by atoms with E-state index in [1.54, 1.807) is 6.92 Å².